The number of rotatable bonds is 4. The van der Waals surface area contributed by atoms with Gasteiger partial charge in [-0.05, 0) is 26.3 Å². The predicted octanol–water partition coefficient (Wildman–Crippen LogP) is 2.92. The van der Waals surface area contributed by atoms with E-state index >= 15 is 0 Å². The highest BCUT2D eigenvalue weighted by atomic mass is 16.5. The molecule has 2 heteroatoms. The number of hydrogen-bond acceptors (Lipinski definition) is 2. The molecule has 78 valence electrons. The van der Waals surface area contributed by atoms with Crippen molar-refractivity contribution in [2.75, 3.05) is 0 Å². The molecule has 2 nitrogen and oxygen atoms in total. The molecule has 2 atom stereocenters. The van der Waals surface area contributed by atoms with Crippen molar-refractivity contribution in [2.45, 2.75) is 39.4 Å². The van der Waals surface area contributed by atoms with Crippen LogP contribution < -0.4 is 4.74 Å². The van der Waals surface area contributed by atoms with Crippen LogP contribution in [-0.2, 0) is 0 Å². The van der Waals surface area contributed by atoms with E-state index in [0.717, 1.165) is 17.7 Å². The summed E-state index contributed by atoms with van der Waals surface area (Å²) in [4.78, 5) is 0. The number of aliphatic hydroxyl groups is 1. The van der Waals surface area contributed by atoms with Gasteiger partial charge in [0.15, 0.2) is 0 Å². The van der Waals surface area contributed by atoms with Crippen molar-refractivity contribution in [2.24, 2.45) is 0 Å². The molecule has 14 heavy (non-hydrogen) atoms. The van der Waals surface area contributed by atoms with Gasteiger partial charge in [-0.1, -0.05) is 25.1 Å². The van der Waals surface area contributed by atoms with E-state index in [1.165, 1.54) is 0 Å². The van der Waals surface area contributed by atoms with Gasteiger partial charge in [-0.15, -0.1) is 0 Å². The molecule has 0 saturated carbocycles. The molecule has 0 radical (unpaired) electrons. The van der Waals surface area contributed by atoms with Gasteiger partial charge in [-0.3, -0.25) is 0 Å². The third-order valence-corrected chi connectivity index (χ3v) is 2.27. The quantitative estimate of drug-likeness (QED) is 0.798. The second-order valence-corrected chi connectivity index (χ2v) is 3.55. The van der Waals surface area contributed by atoms with Crippen molar-refractivity contribution in [3.8, 4) is 5.75 Å². The number of aliphatic hydroxyl groups excluding tert-OH is 1. The zero-order chi connectivity index (χ0) is 10.6. The summed E-state index contributed by atoms with van der Waals surface area (Å²) in [6, 6.07) is 7.62. The third-order valence-electron chi connectivity index (χ3n) is 2.27. The highest BCUT2D eigenvalue weighted by molar-refractivity contribution is 5.34. The fourth-order valence-electron chi connectivity index (χ4n) is 1.23. The Morgan fingerprint density at radius 2 is 1.93 bits per heavy atom. The van der Waals surface area contributed by atoms with E-state index in [9.17, 15) is 5.11 Å². The van der Waals surface area contributed by atoms with Gasteiger partial charge in [-0.2, -0.15) is 0 Å². The molecule has 1 unspecified atom stereocenters. The van der Waals surface area contributed by atoms with Crippen molar-refractivity contribution in [3.05, 3.63) is 29.8 Å². The van der Waals surface area contributed by atoms with E-state index in [1.54, 1.807) is 6.92 Å². The lowest BCUT2D eigenvalue weighted by Crippen LogP contribution is -2.11. The molecule has 0 heterocycles. The summed E-state index contributed by atoms with van der Waals surface area (Å²) in [5.41, 5.74) is 0.854. The Hall–Kier alpha value is -1.02. The van der Waals surface area contributed by atoms with E-state index < -0.39 is 6.10 Å². The van der Waals surface area contributed by atoms with Crippen LogP contribution in [0.3, 0.4) is 0 Å². The second-order valence-electron chi connectivity index (χ2n) is 3.55. The predicted molar refractivity (Wildman–Crippen MR) is 57.5 cm³/mol. The maximum Gasteiger partial charge on any atom is 0.125 e. The SMILES string of the molecule is CCC(C)Oc1ccccc1[C@@H](C)O. The van der Waals surface area contributed by atoms with Crippen LogP contribution in [0.15, 0.2) is 24.3 Å². The van der Waals surface area contributed by atoms with Crippen molar-refractivity contribution < 1.29 is 9.84 Å². The summed E-state index contributed by atoms with van der Waals surface area (Å²) < 4.78 is 5.70. The maximum atomic E-state index is 9.51. The van der Waals surface area contributed by atoms with E-state index in [4.69, 9.17) is 4.74 Å². The Bertz CT molecular complexity index is 281. The first-order valence-corrected chi connectivity index (χ1v) is 5.08. The Labute approximate surface area is 85.5 Å². The molecule has 1 aromatic carbocycles. The first kappa shape index (κ1) is 11.1. The van der Waals surface area contributed by atoms with Gasteiger partial charge < -0.3 is 9.84 Å². The Morgan fingerprint density at radius 3 is 2.50 bits per heavy atom. The molecule has 0 amide bonds. The summed E-state index contributed by atoms with van der Waals surface area (Å²) in [5, 5.41) is 9.51. The standard InChI is InChI=1S/C12H18O2/c1-4-9(2)14-12-8-6-5-7-11(12)10(3)13/h5-10,13H,4H2,1-3H3/t9?,10-/m1/s1. The molecule has 0 fully saturated rings. The largest absolute Gasteiger partial charge is 0.490 e. The minimum atomic E-state index is -0.477. The van der Waals surface area contributed by atoms with Crippen LogP contribution in [0.5, 0.6) is 5.75 Å². The van der Waals surface area contributed by atoms with Crippen LogP contribution in [0.1, 0.15) is 38.9 Å². The topological polar surface area (TPSA) is 29.5 Å². The van der Waals surface area contributed by atoms with Crippen LogP contribution in [0.25, 0.3) is 0 Å². The minimum absolute atomic E-state index is 0.190. The minimum Gasteiger partial charge on any atom is -0.490 e. The fourth-order valence-corrected chi connectivity index (χ4v) is 1.23. The van der Waals surface area contributed by atoms with Crippen LogP contribution in [0.4, 0.5) is 0 Å². The smallest absolute Gasteiger partial charge is 0.125 e. The van der Waals surface area contributed by atoms with E-state index in [0.29, 0.717) is 0 Å². The number of para-hydroxylation sites is 1. The average Bonchev–Trinajstić information content (AvgIpc) is 2.18. The van der Waals surface area contributed by atoms with Crippen LogP contribution in [0, 0.1) is 0 Å². The van der Waals surface area contributed by atoms with Gasteiger partial charge in [-0.25, -0.2) is 0 Å². The first-order valence-electron chi connectivity index (χ1n) is 5.08. The maximum absolute atomic E-state index is 9.51. The van der Waals surface area contributed by atoms with Gasteiger partial charge in [0.1, 0.15) is 5.75 Å². The molecule has 1 N–H and O–H groups in total. The zero-order valence-corrected chi connectivity index (χ0v) is 9.03. The highest BCUT2D eigenvalue weighted by Crippen LogP contribution is 2.25. The normalized spacial score (nSPS) is 14.9. The van der Waals surface area contributed by atoms with Crippen molar-refractivity contribution in [1.82, 2.24) is 0 Å². The lowest BCUT2D eigenvalue weighted by molar-refractivity contribution is 0.176. The second kappa shape index (κ2) is 5.01. The molecule has 1 aromatic rings. The fraction of sp³-hybridized carbons (Fsp3) is 0.500. The van der Waals surface area contributed by atoms with Crippen molar-refractivity contribution in [1.29, 1.82) is 0 Å². The van der Waals surface area contributed by atoms with E-state index in [-0.39, 0.29) is 6.10 Å². The summed E-state index contributed by atoms with van der Waals surface area (Å²) in [6.07, 6.45) is 0.680. The highest BCUT2D eigenvalue weighted by Gasteiger charge is 2.09. The van der Waals surface area contributed by atoms with Gasteiger partial charge in [0, 0.05) is 5.56 Å². The van der Waals surface area contributed by atoms with Gasteiger partial charge in [0.25, 0.3) is 0 Å². The number of hydrogen-bond donors (Lipinski definition) is 1. The molecule has 0 aromatic heterocycles. The van der Waals surface area contributed by atoms with Gasteiger partial charge in [0.05, 0.1) is 12.2 Å². The average molecular weight is 194 g/mol. The Morgan fingerprint density at radius 1 is 1.29 bits per heavy atom. The van der Waals surface area contributed by atoms with Crippen LogP contribution in [-0.4, -0.2) is 11.2 Å². The summed E-state index contributed by atoms with van der Waals surface area (Å²) in [7, 11) is 0. The zero-order valence-electron chi connectivity index (χ0n) is 9.03. The van der Waals surface area contributed by atoms with Gasteiger partial charge >= 0.3 is 0 Å². The summed E-state index contributed by atoms with van der Waals surface area (Å²) in [6.45, 7) is 5.85. The lowest BCUT2D eigenvalue weighted by Gasteiger charge is -2.17. The third kappa shape index (κ3) is 2.74. The molecule has 0 saturated heterocycles. The summed E-state index contributed by atoms with van der Waals surface area (Å²) in [5.74, 6) is 0.789. The molecule has 0 aliphatic rings. The molecule has 0 bridgehead atoms. The number of benzene rings is 1. The Balaban J connectivity index is 2.84. The molecule has 0 spiro atoms. The van der Waals surface area contributed by atoms with Crippen LogP contribution in [0.2, 0.25) is 0 Å². The molecule has 1 rings (SSSR count). The van der Waals surface area contributed by atoms with Crippen molar-refractivity contribution in [3.63, 3.8) is 0 Å². The molecular weight excluding hydrogens is 176 g/mol. The molecule has 0 aliphatic heterocycles. The van der Waals surface area contributed by atoms with Crippen molar-refractivity contribution >= 4 is 0 Å². The molecule has 0 aliphatic carbocycles. The summed E-state index contributed by atoms with van der Waals surface area (Å²) >= 11 is 0. The first-order chi connectivity index (χ1) is 6.65. The molecular formula is C12H18O2. The lowest BCUT2D eigenvalue weighted by atomic mass is 10.1. The monoisotopic (exact) mass is 194 g/mol. The number of ether oxygens (including phenoxy) is 1. The van der Waals surface area contributed by atoms with E-state index in [2.05, 4.69) is 6.92 Å². The Kier molecular flexibility index (Phi) is 3.96. The van der Waals surface area contributed by atoms with Gasteiger partial charge in [0.2, 0.25) is 0 Å². The van der Waals surface area contributed by atoms with Crippen LogP contribution >= 0.6 is 0 Å². The van der Waals surface area contributed by atoms with E-state index in [1.807, 2.05) is 31.2 Å².